The van der Waals surface area contributed by atoms with E-state index >= 15 is 0 Å². The first-order valence-electron chi connectivity index (χ1n) is 10.3. The monoisotopic (exact) mass is 375 g/mol. The Morgan fingerprint density at radius 3 is 2.57 bits per heavy atom. The summed E-state index contributed by atoms with van der Waals surface area (Å²) in [6.07, 6.45) is 6.52. The average Bonchev–Trinajstić information content (AvgIpc) is 3.40. The molecule has 1 aromatic carbocycles. The van der Waals surface area contributed by atoms with Crippen molar-refractivity contribution in [1.82, 2.24) is 19.7 Å². The molecule has 2 fully saturated rings. The van der Waals surface area contributed by atoms with E-state index < -0.39 is 0 Å². The van der Waals surface area contributed by atoms with Crippen molar-refractivity contribution < 1.29 is 0 Å². The number of hydrogen-bond acceptors (Lipinski definition) is 5. The molecule has 1 saturated heterocycles. The number of rotatable bonds is 3. The summed E-state index contributed by atoms with van der Waals surface area (Å²) in [5.41, 5.74) is 1.80. The lowest BCUT2D eigenvalue weighted by Crippen LogP contribution is -2.34. The fraction of sp³-hybridized carbons (Fsp3) is 0.455. The van der Waals surface area contributed by atoms with Crippen LogP contribution in [0.25, 0.3) is 10.9 Å². The van der Waals surface area contributed by atoms with Crippen molar-refractivity contribution in [3.8, 4) is 0 Å². The van der Waals surface area contributed by atoms with E-state index in [1.807, 2.05) is 47.9 Å². The Kier molecular flexibility index (Phi) is 4.34. The zero-order chi connectivity index (χ0) is 19.1. The molecule has 3 aromatic rings. The SMILES string of the molecule is Cc1ccc(N2CCCC2c2nc3ccccc3c(=O)n2C2CCCC2)nn1. The van der Waals surface area contributed by atoms with Crippen molar-refractivity contribution in [3.05, 3.63) is 58.3 Å². The van der Waals surface area contributed by atoms with Crippen LogP contribution in [0, 0.1) is 6.92 Å². The van der Waals surface area contributed by atoms with Crippen LogP contribution < -0.4 is 10.5 Å². The van der Waals surface area contributed by atoms with Crippen LogP contribution >= 0.6 is 0 Å². The number of nitrogens with zero attached hydrogens (tertiary/aromatic N) is 5. The van der Waals surface area contributed by atoms with Crippen molar-refractivity contribution in [2.45, 2.75) is 57.5 Å². The molecule has 6 nitrogen and oxygen atoms in total. The molecular weight excluding hydrogens is 350 g/mol. The minimum atomic E-state index is 0.0647. The van der Waals surface area contributed by atoms with Gasteiger partial charge in [-0.25, -0.2) is 4.98 Å². The number of anilines is 1. The maximum absolute atomic E-state index is 13.5. The van der Waals surface area contributed by atoms with E-state index in [0.29, 0.717) is 0 Å². The lowest BCUT2D eigenvalue weighted by atomic mass is 10.1. The summed E-state index contributed by atoms with van der Waals surface area (Å²) in [6, 6.07) is 12.1. The molecule has 2 aliphatic rings. The summed E-state index contributed by atoms with van der Waals surface area (Å²) in [7, 11) is 0. The van der Waals surface area contributed by atoms with Crippen LogP contribution in [-0.2, 0) is 0 Å². The Balaban J connectivity index is 1.67. The highest BCUT2D eigenvalue weighted by molar-refractivity contribution is 5.77. The van der Waals surface area contributed by atoms with E-state index in [1.54, 1.807) is 0 Å². The molecule has 0 amide bonds. The molecular formula is C22H25N5O. The smallest absolute Gasteiger partial charge is 0.261 e. The molecule has 0 N–H and O–H groups in total. The van der Waals surface area contributed by atoms with Crippen molar-refractivity contribution in [2.24, 2.45) is 0 Å². The molecule has 1 aliphatic heterocycles. The van der Waals surface area contributed by atoms with Gasteiger partial charge in [0.15, 0.2) is 5.82 Å². The van der Waals surface area contributed by atoms with Gasteiger partial charge in [0.05, 0.1) is 22.6 Å². The van der Waals surface area contributed by atoms with Gasteiger partial charge in [0, 0.05) is 12.6 Å². The van der Waals surface area contributed by atoms with Gasteiger partial charge >= 0.3 is 0 Å². The fourth-order valence-electron chi connectivity index (χ4n) is 4.77. The summed E-state index contributed by atoms with van der Waals surface area (Å²) in [5, 5.41) is 9.37. The van der Waals surface area contributed by atoms with Gasteiger partial charge in [-0.15, -0.1) is 5.10 Å². The van der Waals surface area contributed by atoms with Crippen LogP contribution in [0.5, 0.6) is 0 Å². The van der Waals surface area contributed by atoms with Gasteiger partial charge in [0.25, 0.3) is 5.56 Å². The topological polar surface area (TPSA) is 63.9 Å². The molecule has 1 aliphatic carbocycles. The maximum Gasteiger partial charge on any atom is 0.261 e. The zero-order valence-corrected chi connectivity index (χ0v) is 16.2. The lowest BCUT2D eigenvalue weighted by Gasteiger charge is -2.29. The third-order valence-electron chi connectivity index (χ3n) is 6.15. The molecule has 0 radical (unpaired) electrons. The van der Waals surface area contributed by atoms with Crippen LogP contribution in [0.15, 0.2) is 41.2 Å². The summed E-state index contributed by atoms with van der Waals surface area (Å²) < 4.78 is 2.01. The van der Waals surface area contributed by atoms with Crippen LogP contribution in [-0.4, -0.2) is 26.3 Å². The van der Waals surface area contributed by atoms with E-state index in [4.69, 9.17) is 4.98 Å². The molecule has 2 aromatic heterocycles. The minimum absolute atomic E-state index is 0.0647. The third kappa shape index (κ3) is 2.87. The Morgan fingerprint density at radius 1 is 0.964 bits per heavy atom. The second-order valence-corrected chi connectivity index (χ2v) is 7.98. The predicted molar refractivity (Wildman–Crippen MR) is 110 cm³/mol. The highest BCUT2D eigenvalue weighted by Crippen LogP contribution is 2.37. The van der Waals surface area contributed by atoms with Gasteiger partial charge in [-0.3, -0.25) is 9.36 Å². The van der Waals surface area contributed by atoms with Crippen molar-refractivity contribution in [2.75, 3.05) is 11.4 Å². The van der Waals surface area contributed by atoms with Crippen LogP contribution in [0.3, 0.4) is 0 Å². The highest BCUT2D eigenvalue weighted by atomic mass is 16.1. The van der Waals surface area contributed by atoms with Crippen LogP contribution in [0.2, 0.25) is 0 Å². The summed E-state index contributed by atoms with van der Waals surface area (Å²) >= 11 is 0. The molecule has 1 unspecified atom stereocenters. The molecule has 5 rings (SSSR count). The van der Waals surface area contributed by atoms with Crippen molar-refractivity contribution in [3.63, 3.8) is 0 Å². The molecule has 1 atom stereocenters. The summed E-state index contributed by atoms with van der Waals surface area (Å²) in [6.45, 7) is 2.86. The number of para-hydroxylation sites is 1. The lowest BCUT2D eigenvalue weighted by molar-refractivity contribution is 0.454. The molecule has 3 heterocycles. The van der Waals surface area contributed by atoms with Gasteiger partial charge in [-0.1, -0.05) is 25.0 Å². The molecule has 28 heavy (non-hydrogen) atoms. The van der Waals surface area contributed by atoms with Gasteiger partial charge < -0.3 is 4.90 Å². The molecule has 6 heteroatoms. The van der Waals surface area contributed by atoms with Crippen molar-refractivity contribution in [1.29, 1.82) is 0 Å². The fourth-order valence-corrected chi connectivity index (χ4v) is 4.77. The van der Waals surface area contributed by atoms with E-state index in [-0.39, 0.29) is 17.6 Å². The normalized spacial score (nSPS) is 20.3. The summed E-state index contributed by atoms with van der Waals surface area (Å²) in [5.74, 6) is 1.77. The first kappa shape index (κ1) is 17.3. The molecule has 0 bridgehead atoms. The Hall–Kier alpha value is -2.76. The second-order valence-electron chi connectivity index (χ2n) is 7.98. The molecule has 0 spiro atoms. The van der Waals surface area contributed by atoms with Crippen molar-refractivity contribution >= 4 is 16.7 Å². The summed E-state index contributed by atoms with van der Waals surface area (Å²) in [4.78, 5) is 20.8. The Bertz CT molecular complexity index is 1050. The largest absolute Gasteiger partial charge is 0.345 e. The highest BCUT2D eigenvalue weighted by Gasteiger charge is 2.33. The number of hydrogen-bond donors (Lipinski definition) is 0. The van der Waals surface area contributed by atoms with Gasteiger partial charge in [0.1, 0.15) is 5.82 Å². The van der Waals surface area contributed by atoms with E-state index in [1.165, 1.54) is 12.8 Å². The standard InChI is InChI=1S/C22H25N5O/c1-15-12-13-20(25-24-15)26-14-6-11-19(26)21-23-18-10-5-4-9-17(18)22(28)27(21)16-7-2-3-8-16/h4-5,9-10,12-13,16,19H,2-3,6-8,11,14H2,1H3. The first-order chi connectivity index (χ1) is 13.7. The number of fused-ring (bicyclic) bond motifs is 1. The number of aryl methyl sites for hydroxylation is 1. The van der Waals surface area contributed by atoms with Gasteiger partial charge in [-0.05, 0) is 56.9 Å². The van der Waals surface area contributed by atoms with Gasteiger partial charge in [-0.2, -0.15) is 5.10 Å². The number of aromatic nitrogens is 4. The zero-order valence-electron chi connectivity index (χ0n) is 16.2. The quantitative estimate of drug-likeness (QED) is 0.693. The van der Waals surface area contributed by atoms with Crippen LogP contribution in [0.4, 0.5) is 5.82 Å². The minimum Gasteiger partial charge on any atom is -0.345 e. The first-order valence-corrected chi connectivity index (χ1v) is 10.3. The van der Waals surface area contributed by atoms with E-state index in [9.17, 15) is 4.79 Å². The Labute approximate surface area is 164 Å². The van der Waals surface area contributed by atoms with E-state index in [0.717, 1.165) is 60.5 Å². The predicted octanol–water partition coefficient (Wildman–Crippen LogP) is 3.95. The average molecular weight is 375 g/mol. The van der Waals surface area contributed by atoms with Crippen LogP contribution in [0.1, 0.15) is 62.1 Å². The molecule has 1 saturated carbocycles. The maximum atomic E-state index is 13.5. The molecule has 144 valence electrons. The second kappa shape index (κ2) is 7.00. The number of benzene rings is 1. The third-order valence-corrected chi connectivity index (χ3v) is 6.15. The van der Waals surface area contributed by atoms with E-state index in [2.05, 4.69) is 15.1 Å². The Morgan fingerprint density at radius 2 is 1.79 bits per heavy atom. The van der Waals surface area contributed by atoms with Gasteiger partial charge in [0.2, 0.25) is 0 Å².